The third-order valence-electron chi connectivity index (χ3n) is 8.26. The molecule has 2 aromatic rings. The number of sulfone groups is 1. The van der Waals surface area contributed by atoms with Gasteiger partial charge in [-0.3, -0.25) is 4.90 Å². The number of ether oxygens (including phenoxy) is 1. The summed E-state index contributed by atoms with van der Waals surface area (Å²) in [5.41, 5.74) is -0.712. The van der Waals surface area contributed by atoms with Crippen molar-refractivity contribution >= 4 is 38.2 Å². The third kappa shape index (κ3) is 4.13. The van der Waals surface area contributed by atoms with Crippen molar-refractivity contribution in [3.8, 4) is 6.01 Å². The molecule has 0 aliphatic carbocycles. The number of nitrogens with zero attached hydrogens (tertiary/aromatic N) is 5. The number of piperidine rings is 1. The van der Waals surface area contributed by atoms with Crippen LogP contribution in [-0.4, -0.2) is 84.3 Å². The van der Waals surface area contributed by atoms with Gasteiger partial charge in [0.25, 0.3) is 0 Å². The summed E-state index contributed by atoms with van der Waals surface area (Å²) in [6.45, 7) is 2.62. The largest absolute Gasteiger partial charge is 0.461 e. The zero-order valence-corrected chi connectivity index (χ0v) is 20.9. The maximum Gasteiger partial charge on any atom is 0.319 e. The highest BCUT2D eigenvalue weighted by molar-refractivity contribution is 7.91. The highest BCUT2D eigenvalue weighted by atomic mass is 35.5. The maximum absolute atomic E-state index is 15.0. The Morgan fingerprint density at radius 2 is 2.03 bits per heavy atom. The number of pyridine rings is 1. The number of anilines is 1. The molecule has 190 valence electrons. The molecule has 0 saturated carbocycles. The molecule has 0 amide bonds. The lowest BCUT2D eigenvalue weighted by Gasteiger charge is -2.40. The van der Waals surface area contributed by atoms with Crippen molar-refractivity contribution in [2.24, 2.45) is 5.41 Å². The van der Waals surface area contributed by atoms with E-state index < -0.39 is 21.8 Å². The Morgan fingerprint density at radius 3 is 2.83 bits per heavy atom. The van der Waals surface area contributed by atoms with Crippen LogP contribution in [0.25, 0.3) is 10.9 Å². The van der Waals surface area contributed by atoms with Crippen molar-refractivity contribution in [2.75, 3.05) is 49.2 Å². The van der Waals surface area contributed by atoms with Gasteiger partial charge in [-0.05, 0) is 38.6 Å². The molecule has 0 aromatic carbocycles. The van der Waals surface area contributed by atoms with Crippen LogP contribution >= 0.6 is 11.6 Å². The van der Waals surface area contributed by atoms with E-state index >= 15 is 4.39 Å². The van der Waals surface area contributed by atoms with Crippen molar-refractivity contribution in [1.82, 2.24) is 19.9 Å². The van der Waals surface area contributed by atoms with E-state index in [-0.39, 0.29) is 45.7 Å². The molecule has 2 aromatic heterocycles. The van der Waals surface area contributed by atoms with E-state index in [9.17, 15) is 12.8 Å². The van der Waals surface area contributed by atoms with Gasteiger partial charge in [-0.15, -0.1) is 0 Å². The first-order valence-electron chi connectivity index (χ1n) is 12.2. The molecule has 4 fully saturated rings. The molecule has 1 spiro atoms. The van der Waals surface area contributed by atoms with E-state index in [1.807, 2.05) is 4.90 Å². The van der Waals surface area contributed by atoms with Gasteiger partial charge in [-0.25, -0.2) is 22.2 Å². The highest BCUT2D eigenvalue weighted by Crippen LogP contribution is 2.43. The summed E-state index contributed by atoms with van der Waals surface area (Å²) in [5, 5.41) is 0.115. The van der Waals surface area contributed by atoms with Gasteiger partial charge in [0.15, 0.2) is 20.8 Å². The van der Waals surface area contributed by atoms with Gasteiger partial charge in [0.2, 0.25) is 0 Å². The third-order valence-corrected chi connectivity index (χ3v) is 10.4. The van der Waals surface area contributed by atoms with Gasteiger partial charge >= 0.3 is 6.01 Å². The van der Waals surface area contributed by atoms with Gasteiger partial charge in [0, 0.05) is 37.7 Å². The van der Waals surface area contributed by atoms with Crippen LogP contribution in [0.2, 0.25) is 5.15 Å². The molecule has 6 rings (SSSR count). The van der Waals surface area contributed by atoms with E-state index in [1.165, 1.54) is 6.20 Å². The molecule has 3 atom stereocenters. The number of hydrogen-bond acceptors (Lipinski definition) is 8. The molecular formula is C23H28ClF2N5O3S. The molecule has 6 heterocycles. The average molecular weight is 528 g/mol. The molecule has 8 nitrogen and oxygen atoms in total. The molecule has 4 aliphatic rings. The predicted molar refractivity (Wildman–Crippen MR) is 128 cm³/mol. The number of alkyl halides is 1. The van der Waals surface area contributed by atoms with Crippen LogP contribution in [0.15, 0.2) is 6.20 Å². The van der Waals surface area contributed by atoms with Crippen molar-refractivity contribution in [3.63, 3.8) is 0 Å². The lowest BCUT2D eigenvalue weighted by molar-refractivity contribution is 0.107. The van der Waals surface area contributed by atoms with Crippen LogP contribution in [0, 0.1) is 11.2 Å². The summed E-state index contributed by atoms with van der Waals surface area (Å²) >= 11 is 5.96. The Balaban J connectivity index is 1.35. The number of halogens is 3. The molecule has 4 saturated heterocycles. The Morgan fingerprint density at radius 1 is 1.20 bits per heavy atom. The van der Waals surface area contributed by atoms with Gasteiger partial charge in [0.1, 0.15) is 24.1 Å². The van der Waals surface area contributed by atoms with E-state index in [0.717, 1.165) is 32.2 Å². The first-order chi connectivity index (χ1) is 16.7. The fourth-order valence-corrected chi connectivity index (χ4v) is 8.99. The fourth-order valence-electron chi connectivity index (χ4n) is 6.65. The molecule has 1 unspecified atom stereocenters. The molecule has 0 N–H and O–H groups in total. The van der Waals surface area contributed by atoms with Crippen LogP contribution < -0.4 is 9.64 Å². The molecule has 35 heavy (non-hydrogen) atoms. The second kappa shape index (κ2) is 8.34. The zero-order chi connectivity index (χ0) is 24.4. The minimum Gasteiger partial charge on any atom is -0.461 e. The number of rotatable bonds is 4. The van der Waals surface area contributed by atoms with Crippen molar-refractivity contribution in [3.05, 3.63) is 17.2 Å². The standard InChI is InChI=1S/C23H28ClF2N5O3S/c24-19-17(26)18-16(10-27-19)20(30-6-1-3-22(12-30)5-8-35(32,33)14-22)29-21(28-18)34-13-23-4-2-7-31(23)11-15(25)9-23/h10,15H,1-9,11-14H2/t15-,22?,23+/m1/s1. The Bertz CT molecular complexity index is 1280. The first kappa shape index (κ1) is 23.5. The Labute approximate surface area is 207 Å². The maximum atomic E-state index is 15.0. The van der Waals surface area contributed by atoms with Crippen molar-refractivity contribution in [1.29, 1.82) is 0 Å². The SMILES string of the molecule is O=S1(=O)CCC2(CCCN(c3nc(OC[C@@]45CCCN4C[C@H](F)C5)nc4c(F)c(Cl)ncc34)C2)C1. The summed E-state index contributed by atoms with van der Waals surface area (Å²) < 4.78 is 59.8. The molecule has 0 radical (unpaired) electrons. The monoisotopic (exact) mass is 527 g/mol. The summed E-state index contributed by atoms with van der Waals surface area (Å²) in [6, 6.07) is 0.0101. The Kier molecular flexibility index (Phi) is 5.61. The van der Waals surface area contributed by atoms with Crippen molar-refractivity contribution in [2.45, 2.75) is 50.2 Å². The second-order valence-corrected chi connectivity index (χ2v) is 13.2. The number of aromatic nitrogens is 3. The van der Waals surface area contributed by atoms with Gasteiger partial charge in [-0.2, -0.15) is 9.97 Å². The van der Waals surface area contributed by atoms with Crippen LogP contribution in [0.3, 0.4) is 0 Å². The molecular weight excluding hydrogens is 500 g/mol. The van der Waals surface area contributed by atoms with Crippen molar-refractivity contribution < 1.29 is 21.9 Å². The summed E-state index contributed by atoms with van der Waals surface area (Å²) in [4.78, 5) is 17.1. The van der Waals surface area contributed by atoms with E-state index in [4.69, 9.17) is 16.3 Å². The summed E-state index contributed by atoms with van der Waals surface area (Å²) in [7, 11) is -3.06. The lowest BCUT2D eigenvalue weighted by atomic mass is 9.79. The summed E-state index contributed by atoms with van der Waals surface area (Å²) in [6.07, 6.45) is 5.03. The topological polar surface area (TPSA) is 88.5 Å². The van der Waals surface area contributed by atoms with E-state index in [2.05, 4.69) is 19.9 Å². The van der Waals surface area contributed by atoms with Gasteiger partial charge in [0.05, 0.1) is 22.4 Å². The Hall–Kier alpha value is -1.85. The minimum atomic E-state index is -3.06. The highest BCUT2D eigenvalue weighted by Gasteiger charge is 2.49. The van der Waals surface area contributed by atoms with Crippen LogP contribution in [0.4, 0.5) is 14.6 Å². The fraction of sp³-hybridized carbons (Fsp3) is 0.696. The molecule has 0 bridgehead atoms. The minimum absolute atomic E-state index is 0.0101. The number of fused-ring (bicyclic) bond motifs is 2. The first-order valence-corrected chi connectivity index (χ1v) is 14.4. The van der Waals surface area contributed by atoms with Crippen LogP contribution in [-0.2, 0) is 9.84 Å². The predicted octanol–water partition coefficient (Wildman–Crippen LogP) is 3.18. The lowest BCUT2D eigenvalue weighted by Crippen LogP contribution is -2.45. The van der Waals surface area contributed by atoms with E-state index in [0.29, 0.717) is 43.7 Å². The quantitative estimate of drug-likeness (QED) is 0.560. The van der Waals surface area contributed by atoms with Gasteiger partial charge in [-0.1, -0.05) is 11.6 Å². The second-order valence-electron chi connectivity index (χ2n) is 10.7. The van der Waals surface area contributed by atoms with Crippen LogP contribution in [0.1, 0.15) is 38.5 Å². The molecule has 12 heteroatoms. The average Bonchev–Trinajstić information content (AvgIpc) is 3.44. The number of hydrogen-bond donors (Lipinski definition) is 0. The normalized spacial score (nSPS) is 32.5. The summed E-state index contributed by atoms with van der Waals surface area (Å²) in [5.74, 6) is 0.0641. The molecule has 4 aliphatic heterocycles. The van der Waals surface area contributed by atoms with E-state index in [1.54, 1.807) is 0 Å². The smallest absolute Gasteiger partial charge is 0.319 e. The zero-order valence-electron chi connectivity index (χ0n) is 19.4. The van der Waals surface area contributed by atoms with Gasteiger partial charge < -0.3 is 9.64 Å². The van der Waals surface area contributed by atoms with Crippen LogP contribution in [0.5, 0.6) is 6.01 Å².